The maximum Gasteiger partial charge on any atom is 0.170 e. The molecule has 0 aliphatic heterocycles. The Morgan fingerprint density at radius 1 is 0.955 bits per heavy atom. The van der Waals surface area contributed by atoms with E-state index in [1.54, 1.807) is 43.0 Å². The van der Waals surface area contributed by atoms with Crippen LogP contribution in [0.5, 0.6) is 11.5 Å². The van der Waals surface area contributed by atoms with Crippen LogP contribution in [0.3, 0.4) is 0 Å². The van der Waals surface area contributed by atoms with E-state index in [2.05, 4.69) is 15.0 Å². The van der Waals surface area contributed by atoms with Gasteiger partial charge in [-0.1, -0.05) is 6.07 Å². The summed E-state index contributed by atoms with van der Waals surface area (Å²) in [5, 5.41) is 0. The van der Waals surface area contributed by atoms with Crippen LogP contribution >= 0.6 is 0 Å². The Balaban J connectivity index is 1.75. The zero-order valence-electron chi connectivity index (χ0n) is 11.7. The summed E-state index contributed by atoms with van der Waals surface area (Å²) < 4.78 is 5.63. The summed E-state index contributed by atoms with van der Waals surface area (Å²) in [4.78, 5) is 24.5. The highest BCUT2D eigenvalue weighted by atomic mass is 16.5. The molecule has 0 radical (unpaired) electrons. The number of ether oxygens (including phenoxy) is 1. The van der Waals surface area contributed by atoms with Crippen molar-refractivity contribution in [2.75, 3.05) is 0 Å². The second-order valence-electron chi connectivity index (χ2n) is 4.62. The van der Waals surface area contributed by atoms with Crippen molar-refractivity contribution in [3.05, 3.63) is 78.6 Å². The third-order valence-electron chi connectivity index (χ3n) is 2.97. The maximum atomic E-state index is 12.3. The zero-order valence-corrected chi connectivity index (χ0v) is 11.7. The number of aromatic nitrogens is 3. The van der Waals surface area contributed by atoms with E-state index in [0.29, 0.717) is 17.1 Å². The first-order chi connectivity index (χ1) is 10.8. The summed E-state index contributed by atoms with van der Waals surface area (Å²) in [5.41, 5.74) is 1.22. The van der Waals surface area contributed by atoms with Crippen LogP contribution < -0.4 is 4.74 Å². The summed E-state index contributed by atoms with van der Waals surface area (Å²) in [6.45, 7) is 0. The van der Waals surface area contributed by atoms with E-state index in [-0.39, 0.29) is 12.2 Å². The topological polar surface area (TPSA) is 65.0 Å². The van der Waals surface area contributed by atoms with E-state index in [1.807, 2.05) is 18.2 Å². The van der Waals surface area contributed by atoms with Crippen molar-refractivity contribution in [3.63, 3.8) is 0 Å². The fourth-order valence-corrected chi connectivity index (χ4v) is 1.94. The summed E-state index contributed by atoms with van der Waals surface area (Å²) in [5.74, 6) is 1.04. The van der Waals surface area contributed by atoms with Gasteiger partial charge in [-0.2, -0.15) is 0 Å². The molecule has 0 spiro atoms. The Bertz CT molecular complexity index is 761. The normalized spacial score (nSPS) is 10.2. The van der Waals surface area contributed by atoms with E-state index in [4.69, 9.17) is 4.74 Å². The van der Waals surface area contributed by atoms with E-state index in [0.717, 1.165) is 5.69 Å². The van der Waals surface area contributed by atoms with Crippen molar-refractivity contribution in [2.45, 2.75) is 6.42 Å². The van der Waals surface area contributed by atoms with Gasteiger partial charge in [-0.25, -0.2) is 0 Å². The van der Waals surface area contributed by atoms with Crippen molar-refractivity contribution >= 4 is 5.78 Å². The molecule has 0 aliphatic carbocycles. The van der Waals surface area contributed by atoms with Gasteiger partial charge in [0.15, 0.2) is 5.78 Å². The summed E-state index contributed by atoms with van der Waals surface area (Å²) >= 11 is 0. The minimum Gasteiger partial charge on any atom is -0.454 e. The van der Waals surface area contributed by atoms with Gasteiger partial charge in [-0.05, 0) is 30.3 Å². The number of carbonyl (C=O) groups is 1. The molecule has 5 nitrogen and oxygen atoms in total. The Kier molecular flexibility index (Phi) is 4.15. The molecule has 3 aromatic heterocycles. The highest BCUT2D eigenvalue weighted by Crippen LogP contribution is 2.20. The van der Waals surface area contributed by atoms with Gasteiger partial charge >= 0.3 is 0 Å². The van der Waals surface area contributed by atoms with E-state index in [9.17, 15) is 4.79 Å². The molecule has 3 heterocycles. The third-order valence-corrected chi connectivity index (χ3v) is 2.97. The van der Waals surface area contributed by atoms with Crippen LogP contribution in [0.4, 0.5) is 0 Å². The second kappa shape index (κ2) is 6.58. The standard InChI is InChI=1S/C17H13N3O2/c21-17(9-14-4-1-2-7-20-14)13-8-16(12-19-10-13)22-15-5-3-6-18-11-15/h1-8,10-12H,9H2. The van der Waals surface area contributed by atoms with Gasteiger partial charge in [0, 0.05) is 29.8 Å². The predicted molar refractivity (Wildman–Crippen MR) is 80.8 cm³/mol. The lowest BCUT2D eigenvalue weighted by Crippen LogP contribution is -2.05. The van der Waals surface area contributed by atoms with Crippen LogP contribution in [0.25, 0.3) is 0 Å². The summed E-state index contributed by atoms with van der Waals surface area (Å²) in [7, 11) is 0. The molecule has 0 aromatic carbocycles. The third kappa shape index (κ3) is 3.52. The lowest BCUT2D eigenvalue weighted by molar-refractivity contribution is 0.0991. The largest absolute Gasteiger partial charge is 0.454 e. The predicted octanol–water partition coefficient (Wildman–Crippen LogP) is 3.09. The minimum atomic E-state index is -0.0529. The fourth-order valence-electron chi connectivity index (χ4n) is 1.94. The molecule has 0 saturated carbocycles. The molecule has 0 amide bonds. The van der Waals surface area contributed by atoms with Gasteiger partial charge in [-0.3, -0.25) is 19.7 Å². The van der Waals surface area contributed by atoms with Gasteiger partial charge in [0.2, 0.25) is 0 Å². The summed E-state index contributed by atoms with van der Waals surface area (Å²) in [6.07, 6.45) is 8.26. The van der Waals surface area contributed by atoms with Crippen molar-refractivity contribution in [1.82, 2.24) is 15.0 Å². The number of hydrogen-bond acceptors (Lipinski definition) is 5. The van der Waals surface area contributed by atoms with Gasteiger partial charge in [0.25, 0.3) is 0 Å². The van der Waals surface area contributed by atoms with Crippen LogP contribution in [0, 0.1) is 0 Å². The van der Waals surface area contributed by atoms with E-state index in [1.165, 1.54) is 6.20 Å². The molecule has 5 heteroatoms. The lowest BCUT2D eigenvalue weighted by atomic mass is 10.1. The van der Waals surface area contributed by atoms with Crippen LogP contribution in [0.15, 0.2) is 67.4 Å². The van der Waals surface area contributed by atoms with Gasteiger partial charge < -0.3 is 4.74 Å². The Morgan fingerprint density at radius 2 is 1.86 bits per heavy atom. The van der Waals surface area contributed by atoms with Crippen molar-refractivity contribution in [3.8, 4) is 11.5 Å². The summed E-state index contributed by atoms with van der Waals surface area (Å²) in [6, 6.07) is 10.7. The average Bonchev–Trinajstić information content (AvgIpc) is 2.57. The molecular weight excluding hydrogens is 278 g/mol. The number of rotatable bonds is 5. The number of ketones is 1. The van der Waals surface area contributed by atoms with Crippen LogP contribution in [0.2, 0.25) is 0 Å². The first-order valence-electron chi connectivity index (χ1n) is 6.77. The molecule has 0 atom stereocenters. The molecule has 0 N–H and O–H groups in total. The van der Waals surface area contributed by atoms with Crippen LogP contribution in [-0.2, 0) is 6.42 Å². The number of nitrogens with zero attached hydrogens (tertiary/aromatic N) is 3. The fraction of sp³-hybridized carbons (Fsp3) is 0.0588. The van der Waals surface area contributed by atoms with Crippen molar-refractivity contribution in [1.29, 1.82) is 0 Å². The van der Waals surface area contributed by atoms with Gasteiger partial charge in [0.05, 0.1) is 18.8 Å². The molecule has 0 unspecified atom stereocenters. The van der Waals surface area contributed by atoms with E-state index < -0.39 is 0 Å². The van der Waals surface area contributed by atoms with Gasteiger partial charge in [-0.15, -0.1) is 0 Å². The van der Waals surface area contributed by atoms with Crippen LogP contribution in [0.1, 0.15) is 16.1 Å². The second-order valence-corrected chi connectivity index (χ2v) is 4.62. The molecule has 0 saturated heterocycles. The number of pyridine rings is 3. The molecule has 0 aliphatic rings. The first-order valence-corrected chi connectivity index (χ1v) is 6.77. The van der Waals surface area contributed by atoms with Crippen molar-refractivity contribution < 1.29 is 9.53 Å². The van der Waals surface area contributed by atoms with Gasteiger partial charge in [0.1, 0.15) is 11.5 Å². The average molecular weight is 291 g/mol. The Hall–Kier alpha value is -3.08. The molecule has 0 bridgehead atoms. The maximum absolute atomic E-state index is 12.3. The molecule has 22 heavy (non-hydrogen) atoms. The number of carbonyl (C=O) groups excluding carboxylic acids is 1. The molecule has 0 fully saturated rings. The van der Waals surface area contributed by atoms with Crippen molar-refractivity contribution in [2.24, 2.45) is 0 Å². The Labute approximate surface area is 127 Å². The first kappa shape index (κ1) is 13.9. The highest BCUT2D eigenvalue weighted by molar-refractivity contribution is 5.97. The zero-order chi connectivity index (χ0) is 15.2. The smallest absolute Gasteiger partial charge is 0.170 e. The Morgan fingerprint density at radius 3 is 2.64 bits per heavy atom. The minimum absolute atomic E-state index is 0.0529. The van der Waals surface area contributed by atoms with E-state index >= 15 is 0 Å². The number of Topliss-reactive ketones (excluding diaryl/α,β-unsaturated/α-hetero) is 1. The molecule has 108 valence electrons. The quantitative estimate of drug-likeness (QED) is 0.676. The molecule has 3 rings (SSSR count). The molecular formula is C17H13N3O2. The lowest BCUT2D eigenvalue weighted by Gasteiger charge is -2.06. The highest BCUT2D eigenvalue weighted by Gasteiger charge is 2.10. The number of hydrogen-bond donors (Lipinski definition) is 0. The monoisotopic (exact) mass is 291 g/mol. The molecule has 3 aromatic rings. The SMILES string of the molecule is O=C(Cc1ccccn1)c1cncc(Oc2cccnc2)c1. The van der Waals surface area contributed by atoms with Crippen LogP contribution in [-0.4, -0.2) is 20.7 Å².